The number of rotatable bonds is 6. The van der Waals surface area contributed by atoms with Gasteiger partial charge in [0.2, 0.25) is 11.8 Å². The zero-order chi connectivity index (χ0) is 16.8. The molecule has 134 valence electrons. The average molecular weight is 346 g/mol. The smallest absolute Gasteiger partial charge is 0.246 e. The standard InChI is InChI=1S/C17H31N3O2.ClH/c1-6-7-10-17(19-13(2)21,14-8-11-18-12-9-14)15(22)20-16(3,4)5;/h6,14,18H,1,7-12H2,2-5H3,(H,19,21)(H,20,22);1H. The van der Waals surface area contributed by atoms with Crippen molar-refractivity contribution in [2.24, 2.45) is 5.92 Å². The Morgan fingerprint density at radius 1 is 1.22 bits per heavy atom. The lowest BCUT2D eigenvalue weighted by Gasteiger charge is -2.43. The molecule has 1 atom stereocenters. The Hall–Kier alpha value is -1.07. The lowest BCUT2D eigenvalue weighted by Crippen LogP contribution is -2.66. The Labute approximate surface area is 146 Å². The van der Waals surface area contributed by atoms with Crippen molar-refractivity contribution in [2.45, 2.75) is 64.5 Å². The van der Waals surface area contributed by atoms with Crippen LogP contribution >= 0.6 is 12.4 Å². The van der Waals surface area contributed by atoms with E-state index in [-0.39, 0.29) is 35.7 Å². The van der Waals surface area contributed by atoms with Gasteiger partial charge in [-0.3, -0.25) is 9.59 Å². The minimum Gasteiger partial charge on any atom is -0.349 e. The molecule has 0 aliphatic carbocycles. The molecule has 1 saturated heterocycles. The van der Waals surface area contributed by atoms with Crippen LogP contribution in [0.4, 0.5) is 0 Å². The zero-order valence-electron chi connectivity index (χ0n) is 14.8. The third-order valence-electron chi connectivity index (χ3n) is 4.07. The summed E-state index contributed by atoms with van der Waals surface area (Å²) in [6.07, 6.45) is 4.86. The molecule has 0 aromatic heterocycles. The highest BCUT2D eigenvalue weighted by molar-refractivity contribution is 5.91. The van der Waals surface area contributed by atoms with Crippen LogP contribution in [-0.2, 0) is 9.59 Å². The monoisotopic (exact) mass is 345 g/mol. The van der Waals surface area contributed by atoms with Crippen LogP contribution in [0.1, 0.15) is 53.4 Å². The largest absolute Gasteiger partial charge is 0.349 e. The fraction of sp³-hybridized carbons (Fsp3) is 0.765. The molecular formula is C17H32ClN3O2. The second kappa shape index (κ2) is 9.28. The Morgan fingerprint density at radius 3 is 2.22 bits per heavy atom. The molecule has 23 heavy (non-hydrogen) atoms. The number of halogens is 1. The maximum Gasteiger partial charge on any atom is 0.246 e. The van der Waals surface area contributed by atoms with Gasteiger partial charge in [-0.05, 0) is 65.5 Å². The second-order valence-corrected chi connectivity index (χ2v) is 7.21. The number of hydrogen-bond acceptors (Lipinski definition) is 3. The summed E-state index contributed by atoms with van der Waals surface area (Å²) >= 11 is 0. The topological polar surface area (TPSA) is 70.2 Å². The lowest BCUT2D eigenvalue weighted by atomic mass is 9.74. The normalized spacial score (nSPS) is 18.3. The molecule has 1 aliphatic rings. The van der Waals surface area contributed by atoms with Gasteiger partial charge in [-0.25, -0.2) is 0 Å². The predicted octanol–water partition coefficient (Wildman–Crippen LogP) is 2.16. The van der Waals surface area contributed by atoms with Crippen LogP contribution in [-0.4, -0.2) is 36.0 Å². The Balaban J connectivity index is 0.00000484. The van der Waals surface area contributed by atoms with E-state index in [2.05, 4.69) is 22.5 Å². The first-order valence-electron chi connectivity index (χ1n) is 8.14. The number of hydrogen-bond donors (Lipinski definition) is 3. The SMILES string of the molecule is C=CCCC(NC(C)=O)(C(=O)NC(C)(C)C)C1CCNCC1.Cl. The highest BCUT2D eigenvalue weighted by Gasteiger charge is 2.46. The van der Waals surface area contributed by atoms with Gasteiger partial charge in [-0.1, -0.05) is 6.08 Å². The van der Waals surface area contributed by atoms with Gasteiger partial charge < -0.3 is 16.0 Å². The van der Waals surface area contributed by atoms with Crippen LogP contribution in [0.5, 0.6) is 0 Å². The maximum absolute atomic E-state index is 13.0. The summed E-state index contributed by atoms with van der Waals surface area (Å²) in [5.41, 5.74) is -1.18. The summed E-state index contributed by atoms with van der Waals surface area (Å²) in [7, 11) is 0. The Kier molecular flexibility index (Phi) is 8.85. The summed E-state index contributed by atoms with van der Waals surface area (Å²) in [4.78, 5) is 24.8. The summed E-state index contributed by atoms with van der Waals surface area (Å²) in [6.45, 7) is 12.9. The lowest BCUT2D eigenvalue weighted by molar-refractivity contribution is -0.137. The first kappa shape index (κ1) is 21.9. The molecule has 6 heteroatoms. The fourth-order valence-electron chi connectivity index (χ4n) is 3.14. The molecule has 0 aromatic rings. The van der Waals surface area contributed by atoms with E-state index in [1.54, 1.807) is 0 Å². The Morgan fingerprint density at radius 2 is 1.78 bits per heavy atom. The number of carbonyl (C=O) groups excluding carboxylic acids is 2. The molecule has 1 aliphatic heterocycles. The van der Waals surface area contributed by atoms with Gasteiger partial charge in [0.1, 0.15) is 5.54 Å². The molecule has 1 fully saturated rings. The van der Waals surface area contributed by atoms with Crippen molar-refractivity contribution in [1.82, 2.24) is 16.0 Å². The van der Waals surface area contributed by atoms with E-state index in [1.165, 1.54) is 6.92 Å². The first-order valence-corrected chi connectivity index (χ1v) is 8.14. The molecule has 0 saturated carbocycles. The molecule has 5 nitrogen and oxygen atoms in total. The van der Waals surface area contributed by atoms with Gasteiger partial charge >= 0.3 is 0 Å². The molecule has 0 aromatic carbocycles. The van der Waals surface area contributed by atoms with Crippen LogP contribution in [0.15, 0.2) is 12.7 Å². The minimum atomic E-state index is -0.852. The van der Waals surface area contributed by atoms with E-state index in [9.17, 15) is 9.59 Å². The quantitative estimate of drug-likeness (QED) is 0.646. The third-order valence-corrected chi connectivity index (χ3v) is 4.07. The highest BCUT2D eigenvalue weighted by Crippen LogP contribution is 2.31. The number of nitrogens with one attached hydrogen (secondary N) is 3. The van der Waals surface area contributed by atoms with Gasteiger partial charge in [0.25, 0.3) is 0 Å². The Bertz CT molecular complexity index is 415. The van der Waals surface area contributed by atoms with Crippen LogP contribution in [0, 0.1) is 5.92 Å². The molecular weight excluding hydrogens is 314 g/mol. The van der Waals surface area contributed by atoms with Crippen molar-refractivity contribution in [1.29, 1.82) is 0 Å². The number of allylic oxidation sites excluding steroid dienone is 1. The van der Waals surface area contributed by atoms with Crippen LogP contribution in [0.25, 0.3) is 0 Å². The summed E-state index contributed by atoms with van der Waals surface area (Å²) < 4.78 is 0. The summed E-state index contributed by atoms with van der Waals surface area (Å²) in [6, 6.07) is 0. The van der Waals surface area contributed by atoms with Gasteiger partial charge in [0.05, 0.1) is 0 Å². The molecule has 0 spiro atoms. The van der Waals surface area contributed by atoms with Crippen molar-refractivity contribution in [3.8, 4) is 0 Å². The van der Waals surface area contributed by atoms with Crippen LogP contribution in [0.3, 0.4) is 0 Å². The number of carbonyl (C=O) groups is 2. The van der Waals surface area contributed by atoms with Gasteiger partial charge in [0, 0.05) is 12.5 Å². The number of piperidine rings is 1. The van der Waals surface area contributed by atoms with Crippen LogP contribution < -0.4 is 16.0 Å². The third kappa shape index (κ3) is 6.51. The summed E-state index contributed by atoms with van der Waals surface area (Å²) in [5, 5.41) is 9.38. The van der Waals surface area contributed by atoms with E-state index >= 15 is 0 Å². The van der Waals surface area contributed by atoms with E-state index in [0.29, 0.717) is 12.8 Å². The van der Waals surface area contributed by atoms with E-state index < -0.39 is 5.54 Å². The molecule has 0 radical (unpaired) electrons. The zero-order valence-corrected chi connectivity index (χ0v) is 15.6. The molecule has 1 heterocycles. The molecule has 1 rings (SSSR count). The molecule has 3 N–H and O–H groups in total. The average Bonchev–Trinajstić information content (AvgIpc) is 2.42. The van der Waals surface area contributed by atoms with Crippen LogP contribution in [0.2, 0.25) is 0 Å². The summed E-state index contributed by atoms with van der Waals surface area (Å²) in [5.74, 6) is -0.101. The van der Waals surface area contributed by atoms with E-state index in [0.717, 1.165) is 25.9 Å². The minimum absolute atomic E-state index is 0. The number of amides is 2. The van der Waals surface area contributed by atoms with E-state index in [1.807, 2.05) is 26.8 Å². The first-order chi connectivity index (χ1) is 10.2. The van der Waals surface area contributed by atoms with Crippen molar-refractivity contribution in [3.63, 3.8) is 0 Å². The molecule has 0 bridgehead atoms. The van der Waals surface area contributed by atoms with Gasteiger partial charge in [0.15, 0.2) is 0 Å². The van der Waals surface area contributed by atoms with Crippen molar-refractivity contribution in [2.75, 3.05) is 13.1 Å². The van der Waals surface area contributed by atoms with Crippen molar-refractivity contribution in [3.05, 3.63) is 12.7 Å². The predicted molar refractivity (Wildman–Crippen MR) is 96.7 cm³/mol. The fourth-order valence-corrected chi connectivity index (χ4v) is 3.14. The highest BCUT2D eigenvalue weighted by atomic mass is 35.5. The van der Waals surface area contributed by atoms with Gasteiger partial charge in [-0.15, -0.1) is 19.0 Å². The second-order valence-electron chi connectivity index (χ2n) is 7.21. The van der Waals surface area contributed by atoms with Crippen molar-refractivity contribution >= 4 is 24.2 Å². The van der Waals surface area contributed by atoms with Crippen molar-refractivity contribution < 1.29 is 9.59 Å². The molecule has 1 unspecified atom stereocenters. The van der Waals surface area contributed by atoms with Gasteiger partial charge in [-0.2, -0.15) is 0 Å². The van der Waals surface area contributed by atoms with E-state index in [4.69, 9.17) is 0 Å². The molecule has 2 amide bonds. The maximum atomic E-state index is 13.0.